The predicted molar refractivity (Wildman–Crippen MR) is 152 cm³/mol. The molecule has 12 nitrogen and oxygen atoms in total. The van der Waals surface area contributed by atoms with E-state index in [0.717, 1.165) is 22.4 Å². The van der Waals surface area contributed by atoms with Crippen molar-refractivity contribution in [1.82, 2.24) is 15.8 Å². The van der Waals surface area contributed by atoms with Crippen LogP contribution in [0.3, 0.4) is 0 Å². The van der Waals surface area contributed by atoms with Gasteiger partial charge in [-0.3, -0.25) is 9.59 Å². The highest BCUT2D eigenvalue weighted by Gasteiger charge is 2.62. The zero-order valence-corrected chi connectivity index (χ0v) is 23.2. The molecule has 3 aromatic rings. The Morgan fingerprint density at radius 1 is 0.953 bits per heavy atom. The van der Waals surface area contributed by atoms with Crippen molar-refractivity contribution in [2.45, 2.75) is 49.8 Å². The lowest BCUT2D eigenvalue weighted by molar-refractivity contribution is -0.207. The molecule has 0 saturated carbocycles. The van der Waals surface area contributed by atoms with Crippen LogP contribution in [0.1, 0.15) is 28.4 Å². The van der Waals surface area contributed by atoms with Crippen LogP contribution in [0.2, 0.25) is 0 Å². The van der Waals surface area contributed by atoms with Crippen LogP contribution in [0.4, 0.5) is 4.79 Å². The van der Waals surface area contributed by atoms with Gasteiger partial charge in [-0.1, -0.05) is 84.0 Å². The number of hydrogen-bond donors (Lipinski definition) is 3. The van der Waals surface area contributed by atoms with Crippen molar-refractivity contribution in [1.29, 1.82) is 0 Å². The SMILES string of the molecule is C[C@@]1(O)[C@H](OC(=O)c2ccccc2)C=NO[C@H]1[C@@H]1[C@@H](NC(=O)Cc2ccccc2)C(=O)N1NC(=O)OCc1ccccc1. The van der Waals surface area contributed by atoms with E-state index in [-0.39, 0.29) is 18.6 Å². The van der Waals surface area contributed by atoms with Gasteiger partial charge in [0, 0.05) is 0 Å². The minimum Gasteiger partial charge on any atom is -0.450 e. The Kier molecular flexibility index (Phi) is 8.67. The second kappa shape index (κ2) is 12.7. The van der Waals surface area contributed by atoms with Crippen LogP contribution in [-0.4, -0.2) is 70.1 Å². The fraction of sp³-hybridized carbons (Fsp3) is 0.258. The van der Waals surface area contributed by atoms with E-state index in [2.05, 4.69) is 15.9 Å². The number of β-lactam (4-membered cyclic amide) rings is 1. The topological polar surface area (TPSA) is 156 Å². The first kappa shape index (κ1) is 29.3. The second-order valence-corrected chi connectivity index (χ2v) is 10.3. The average molecular weight is 587 g/mol. The molecule has 2 heterocycles. The van der Waals surface area contributed by atoms with Crippen molar-refractivity contribution >= 4 is 30.1 Å². The third kappa shape index (κ3) is 6.65. The first-order chi connectivity index (χ1) is 20.7. The molecule has 0 unspecified atom stereocenters. The fourth-order valence-electron chi connectivity index (χ4n) is 4.85. The van der Waals surface area contributed by atoms with Gasteiger partial charge >= 0.3 is 12.1 Å². The molecular weight excluding hydrogens is 556 g/mol. The normalized spacial score (nSPS) is 24.2. The maximum absolute atomic E-state index is 13.2. The molecule has 2 aliphatic heterocycles. The van der Waals surface area contributed by atoms with Gasteiger partial charge in [0.05, 0.1) is 18.2 Å². The average Bonchev–Trinajstić information content (AvgIpc) is 3.02. The Balaban J connectivity index is 1.33. The number of aliphatic hydroxyl groups is 1. The van der Waals surface area contributed by atoms with Crippen LogP contribution in [0.15, 0.2) is 96.2 Å². The van der Waals surface area contributed by atoms with Gasteiger partial charge in [-0.15, -0.1) is 0 Å². The van der Waals surface area contributed by atoms with Gasteiger partial charge in [-0.05, 0) is 30.2 Å². The van der Waals surface area contributed by atoms with Crippen LogP contribution >= 0.6 is 0 Å². The number of benzene rings is 3. The van der Waals surface area contributed by atoms with E-state index < -0.39 is 53.8 Å². The number of ether oxygens (including phenoxy) is 2. The zero-order chi connectivity index (χ0) is 30.4. The molecular formula is C31H30N4O8. The van der Waals surface area contributed by atoms with E-state index in [4.69, 9.17) is 14.3 Å². The van der Waals surface area contributed by atoms with Gasteiger partial charge in [-0.25, -0.2) is 20.0 Å². The lowest BCUT2D eigenvalue weighted by Crippen LogP contribution is -2.81. The molecule has 43 heavy (non-hydrogen) atoms. The van der Waals surface area contributed by atoms with Crippen LogP contribution < -0.4 is 10.7 Å². The molecule has 0 aliphatic carbocycles. The summed E-state index contributed by atoms with van der Waals surface area (Å²) in [7, 11) is 0. The number of carbonyl (C=O) groups excluding carboxylic acids is 4. The van der Waals surface area contributed by atoms with Crippen molar-refractivity contribution < 1.29 is 38.6 Å². The summed E-state index contributed by atoms with van der Waals surface area (Å²) in [6, 6.07) is 23.7. The third-order valence-corrected chi connectivity index (χ3v) is 7.17. The summed E-state index contributed by atoms with van der Waals surface area (Å²) in [6.45, 7) is 1.29. The molecule has 12 heteroatoms. The predicted octanol–water partition coefficient (Wildman–Crippen LogP) is 2.13. The number of hydrazine groups is 1. The lowest BCUT2D eigenvalue weighted by Gasteiger charge is -2.52. The van der Waals surface area contributed by atoms with E-state index in [9.17, 15) is 24.3 Å². The van der Waals surface area contributed by atoms with Crippen LogP contribution in [0.25, 0.3) is 0 Å². The largest absolute Gasteiger partial charge is 0.450 e. The number of esters is 1. The molecule has 3 aromatic carbocycles. The van der Waals surface area contributed by atoms with Crippen molar-refractivity contribution in [3.63, 3.8) is 0 Å². The molecule has 2 aliphatic rings. The Morgan fingerprint density at radius 2 is 1.56 bits per heavy atom. The van der Waals surface area contributed by atoms with Gasteiger partial charge in [-0.2, -0.15) is 0 Å². The standard InChI is InChI=1S/C31H30N4O8/c1-31(40)23(42-29(38)22-15-9-4-10-16-22)18-32-43-27(31)26-25(33-24(36)17-20-11-5-2-6-12-20)28(37)35(26)34-30(39)41-19-21-13-7-3-8-14-21/h2-16,18,23,25-27,40H,17,19H2,1H3,(H,33,36)(H,34,39)/t23-,25-,26+,27+,31-/m1/s1. The summed E-state index contributed by atoms with van der Waals surface area (Å²) in [4.78, 5) is 57.1. The lowest BCUT2D eigenvalue weighted by atomic mass is 9.80. The van der Waals surface area contributed by atoms with Crippen molar-refractivity contribution in [3.05, 3.63) is 108 Å². The summed E-state index contributed by atoms with van der Waals surface area (Å²) in [6.07, 6.45) is -2.46. The Morgan fingerprint density at radius 3 is 2.21 bits per heavy atom. The highest BCUT2D eigenvalue weighted by molar-refractivity contribution is 5.95. The molecule has 3 N–H and O–H groups in total. The maximum atomic E-state index is 13.2. The van der Waals surface area contributed by atoms with E-state index in [1.54, 1.807) is 78.9 Å². The third-order valence-electron chi connectivity index (χ3n) is 7.17. The molecule has 0 aromatic heterocycles. The number of amides is 3. The summed E-state index contributed by atoms with van der Waals surface area (Å²) in [5.41, 5.74) is 2.13. The highest BCUT2D eigenvalue weighted by atomic mass is 16.7. The first-order valence-corrected chi connectivity index (χ1v) is 13.6. The Bertz CT molecular complexity index is 1480. The molecule has 1 fully saturated rings. The summed E-state index contributed by atoms with van der Waals surface area (Å²) < 4.78 is 10.8. The minimum atomic E-state index is -1.95. The van der Waals surface area contributed by atoms with Crippen LogP contribution in [-0.2, 0) is 36.9 Å². The van der Waals surface area contributed by atoms with E-state index in [1.165, 1.54) is 6.92 Å². The minimum absolute atomic E-state index is 0.0126. The van der Waals surface area contributed by atoms with E-state index >= 15 is 0 Å². The van der Waals surface area contributed by atoms with Crippen molar-refractivity contribution in [2.75, 3.05) is 0 Å². The van der Waals surface area contributed by atoms with Gasteiger partial charge in [0.1, 0.15) is 24.3 Å². The molecule has 0 radical (unpaired) electrons. The monoisotopic (exact) mass is 586 g/mol. The first-order valence-electron chi connectivity index (χ1n) is 13.6. The van der Waals surface area contributed by atoms with E-state index in [1.807, 2.05) is 12.1 Å². The number of carbonyl (C=O) groups is 4. The number of nitrogens with zero attached hydrogens (tertiary/aromatic N) is 2. The fourth-order valence-corrected chi connectivity index (χ4v) is 4.85. The van der Waals surface area contributed by atoms with E-state index in [0.29, 0.717) is 0 Å². The van der Waals surface area contributed by atoms with Gasteiger partial charge in [0.25, 0.3) is 5.91 Å². The molecule has 222 valence electrons. The molecule has 0 bridgehead atoms. The highest BCUT2D eigenvalue weighted by Crippen LogP contribution is 2.34. The molecule has 1 saturated heterocycles. The summed E-state index contributed by atoms with van der Waals surface area (Å²) >= 11 is 0. The van der Waals surface area contributed by atoms with Crippen molar-refractivity contribution in [2.24, 2.45) is 5.16 Å². The summed E-state index contributed by atoms with van der Waals surface area (Å²) in [5.74, 6) is -1.85. The van der Waals surface area contributed by atoms with Gasteiger partial charge < -0.3 is 24.7 Å². The number of nitrogens with one attached hydrogen (secondary N) is 2. The quantitative estimate of drug-likeness (QED) is 0.254. The van der Waals surface area contributed by atoms with Gasteiger partial charge in [0.15, 0.2) is 12.2 Å². The number of oxime groups is 1. The van der Waals surface area contributed by atoms with Crippen molar-refractivity contribution in [3.8, 4) is 0 Å². The molecule has 3 amide bonds. The van der Waals surface area contributed by atoms with Crippen LogP contribution in [0.5, 0.6) is 0 Å². The molecule has 0 spiro atoms. The molecule has 5 rings (SSSR count). The zero-order valence-electron chi connectivity index (χ0n) is 23.2. The molecule has 5 atom stereocenters. The van der Waals surface area contributed by atoms with Crippen LogP contribution in [0, 0.1) is 0 Å². The Hall–Kier alpha value is -5.23. The maximum Gasteiger partial charge on any atom is 0.426 e. The summed E-state index contributed by atoms with van der Waals surface area (Å²) in [5, 5.41) is 19.0. The second-order valence-electron chi connectivity index (χ2n) is 10.3. The number of hydrogen-bond acceptors (Lipinski definition) is 9. The Labute approximate surface area is 247 Å². The number of rotatable bonds is 9. The van der Waals surface area contributed by atoms with Gasteiger partial charge in [0.2, 0.25) is 5.91 Å². The smallest absolute Gasteiger partial charge is 0.426 e.